The number of hydrogen-bond donors (Lipinski definition) is 1. The van der Waals surface area contributed by atoms with E-state index in [1.165, 1.54) is 69.1 Å². The van der Waals surface area contributed by atoms with Gasteiger partial charge in [-0.25, -0.2) is 0 Å². The summed E-state index contributed by atoms with van der Waals surface area (Å²) in [4.78, 5) is -0.0185. The molecule has 0 radical (unpaired) electrons. The van der Waals surface area contributed by atoms with Crippen molar-refractivity contribution in [3.8, 4) is 0 Å². The molecule has 0 aliphatic heterocycles. The molecule has 0 aliphatic carbocycles. The zero-order chi connectivity index (χ0) is 17.1. The van der Waals surface area contributed by atoms with E-state index in [4.69, 9.17) is 4.55 Å². The van der Waals surface area contributed by atoms with Crippen molar-refractivity contribution in [2.75, 3.05) is 0 Å². The van der Waals surface area contributed by atoms with E-state index < -0.39 is 10.1 Å². The Hall–Kier alpha value is -0.870. The number of hydrogen-bond acceptors (Lipinski definition) is 2. The molecule has 0 saturated carbocycles. The third-order valence-corrected chi connectivity index (χ3v) is 5.33. The van der Waals surface area contributed by atoms with Crippen molar-refractivity contribution in [1.82, 2.24) is 0 Å². The first-order valence-electron chi connectivity index (χ1n) is 9.06. The Kier molecular flexibility index (Phi) is 9.49. The molecule has 0 aliphatic rings. The summed E-state index contributed by atoms with van der Waals surface area (Å²) in [5.41, 5.74) is 1.19. The van der Waals surface area contributed by atoms with E-state index in [-0.39, 0.29) is 4.90 Å². The van der Waals surface area contributed by atoms with Crippen molar-refractivity contribution >= 4 is 10.1 Å². The molecule has 1 atom stereocenters. The Morgan fingerprint density at radius 3 is 1.91 bits per heavy atom. The first-order valence-corrected chi connectivity index (χ1v) is 10.5. The highest BCUT2D eigenvalue weighted by Gasteiger charge is 2.14. The van der Waals surface area contributed by atoms with Crippen LogP contribution in [0.1, 0.15) is 89.5 Å². The molecule has 1 aromatic carbocycles. The van der Waals surface area contributed by atoms with Gasteiger partial charge in [-0.3, -0.25) is 4.55 Å². The molecule has 132 valence electrons. The Morgan fingerprint density at radius 1 is 0.826 bits per heavy atom. The average molecular weight is 341 g/mol. The van der Waals surface area contributed by atoms with Gasteiger partial charge < -0.3 is 0 Å². The predicted molar refractivity (Wildman–Crippen MR) is 96.5 cm³/mol. The van der Waals surface area contributed by atoms with E-state index in [1.807, 2.05) is 12.1 Å². The molecule has 0 fully saturated rings. The van der Waals surface area contributed by atoms with Gasteiger partial charge in [0.1, 0.15) is 0 Å². The van der Waals surface area contributed by atoms with Crippen LogP contribution < -0.4 is 0 Å². The summed E-state index contributed by atoms with van der Waals surface area (Å²) >= 11 is 0. The summed E-state index contributed by atoms with van der Waals surface area (Å²) in [6.07, 6.45) is 12.5. The SMILES string of the molecule is CCCCCCCCC(CCCC)c1ccc(S(=O)(=O)O)cc1. The second-order valence-corrected chi connectivity index (χ2v) is 7.86. The van der Waals surface area contributed by atoms with Gasteiger partial charge in [0.25, 0.3) is 10.1 Å². The van der Waals surface area contributed by atoms with Crippen molar-refractivity contribution in [3.05, 3.63) is 29.8 Å². The molecule has 0 heterocycles. The van der Waals surface area contributed by atoms with Gasteiger partial charge in [-0.1, -0.05) is 77.3 Å². The zero-order valence-electron chi connectivity index (χ0n) is 14.6. The van der Waals surface area contributed by atoms with Gasteiger partial charge in [0.15, 0.2) is 0 Å². The van der Waals surface area contributed by atoms with Gasteiger partial charge in [-0.2, -0.15) is 8.42 Å². The van der Waals surface area contributed by atoms with Crippen molar-refractivity contribution in [2.45, 2.75) is 88.9 Å². The lowest BCUT2D eigenvalue weighted by Crippen LogP contribution is -2.02. The minimum atomic E-state index is -4.09. The normalized spacial score (nSPS) is 13.2. The van der Waals surface area contributed by atoms with Gasteiger partial charge in [-0.05, 0) is 36.5 Å². The van der Waals surface area contributed by atoms with E-state index in [0.717, 1.165) is 12.8 Å². The molecular formula is C19H32O3S. The number of benzene rings is 1. The van der Waals surface area contributed by atoms with Crippen LogP contribution in [0.5, 0.6) is 0 Å². The molecule has 0 bridgehead atoms. The summed E-state index contributed by atoms with van der Waals surface area (Å²) in [6.45, 7) is 4.43. The molecule has 3 nitrogen and oxygen atoms in total. The molecule has 1 unspecified atom stereocenters. The van der Waals surface area contributed by atoms with E-state index in [1.54, 1.807) is 0 Å². The Morgan fingerprint density at radius 2 is 1.35 bits per heavy atom. The summed E-state index contributed by atoms with van der Waals surface area (Å²) in [5, 5.41) is 0. The smallest absolute Gasteiger partial charge is 0.282 e. The number of rotatable bonds is 12. The maximum absolute atomic E-state index is 11.1. The summed E-state index contributed by atoms with van der Waals surface area (Å²) in [7, 11) is -4.09. The van der Waals surface area contributed by atoms with E-state index >= 15 is 0 Å². The Bertz CT molecular complexity index is 520. The first-order chi connectivity index (χ1) is 11.0. The summed E-state index contributed by atoms with van der Waals surface area (Å²) < 4.78 is 31.4. The van der Waals surface area contributed by atoms with Crippen LogP contribution >= 0.6 is 0 Å². The third kappa shape index (κ3) is 7.98. The standard InChI is InChI=1S/C19H32O3S/c1-3-5-7-8-9-10-12-17(11-6-4-2)18-13-15-19(16-14-18)23(20,21)22/h13-17H,3-12H2,1-2H3,(H,20,21,22). The highest BCUT2D eigenvalue weighted by Crippen LogP contribution is 2.29. The van der Waals surface area contributed by atoms with Crippen LogP contribution in [0.4, 0.5) is 0 Å². The first kappa shape index (κ1) is 20.2. The second kappa shape index (κ2) is 10.8. The minimum Gasteiger partial charge on any atom is -0.282 e. The van der Waals surface area contributed by atoms with Gasteiger partial charge in [0.2, 0.25) is 0 Å². The molecule has 1 N–H and O–H groups in total. The lowest BCUT2D eigenvalue weighted by molar-refractivity contribution is 0.482. The largest absolute Gasteiger partial charge is 0.294 e. The Balaban J connectivity index is 2.59. The van der Waals surface area contributed by atoms with Crippen LogP contribution in [0.25, 0.3) is 0 Å². The molecular weight excluding hydrogens is 308 g/mol. The molecule has 0 aromatic heterocycles. The van der Waals surface area contributed by atoms with E-state index in [2.05, 4.69) is 13.8 Å². The second-order valence-electron chi connectivity index (χ2n) is 6.44. The lowest BCUT2D eigenvalue weighted by Gasteiger charge is -2.17. The summed E-state index contributed by atoms with van der Waals surface area (Å²) in [6, 6.07) is 6.76. The van der Waals surface area contributed by atoms with Crippen LogP contribution in [0.2, 0.25) is 0 Å². The average Bonchev–Trinajstić information content (AvgIpc) is 2.53. The molecule has 1 rings (SSSR count). The molecule has 0 amide bonds. The summed E-state index contributed by atoms with van der Waals surface area (Å²) in [5.74, 6) is 0.497. The zero-order valence-corrected chi connectivity index (χ0v) is 15.4. The van der Waals surface area contributed by atoms with Crippen molar-refractivity contribution in [3.63, 3.8) is 0 Å². The van der Waals surface area contributed by atoms with Gasteiger partial charge >= 0.3 is 0 Å². The van der Waals surface area contributed by atoms with Crippen LogP contribution in [-0.2, 0) is 10.1 Å². The van der Waals surface area contributed by atoms with Crippen LogP contribution in [0, 0.1) is 0 Å². The number of unbranched alkanes of at least 4 members (excludes halogenated alkanes) is 6. The van der Waals surface area contributed by atoms with Crippen LogP contribution in [0.15, 0.2) is 29.2 Å². The van der Waals surface area contributed by atoms with Gasteiger partial charge in [-0.15, -0.1) is 0 Å². The van der Waals surface area contributed by atoms with Crippen molar-refractivity contribution in [2.24, 2.45) is 0 Å². The lowest BCUT2D eigenvalue weighted by atomic mass is 9.88. The van der Waals surface area contributed by atoms with Gasteiger partial charge in [0.05, 0.1) is 4.90 Å². The topological polar surface area (TPSA) is 54.4 Å². The van der Waals surface area contributed by atoms with Crippen LogP contribution in [-0.4, -0.2) is 13.0 Å². The highest BCUT2D eigenvalue weighted by molar-refractivity contribution is 7.85. The minimum absolute atomic E-state index is 0.0185. The molecule has 1 aromatic rings. The molecule has 0 spiro atoms. The third-order valence-electron chi connectivity index (χ3n) is 4.46. The van der Waals surface area contributed by atoms with Crippen molar-refractivity contribution < 1.29 is 13.0 Å². The van der Waals surface area contributed by atoms with E-state index in [9.17, 15) is 8.42 Å². The molecule has 0 saturated heterocycles. The Labute approximate surface area is 142 Å². The highest BCUT2D eigenvalue weighted by atomic mass is 32.2. The monoisotopic (exact) mass is 340 g/mol. The van der Waals surface area contributed by atoms with Gasteiger partial charge in [0, 0.05) is 0 Å². The molecule has 23 heavy (non-hydrogen) atoms. The quantitative estimate of drug-likeness (QED) is 0.377. The molecule has 4 heteroatoms. The van der Waals surface area contributed by atoms with E-state index in [0.29, 0.717) is 5.92 Å². The predicted octanol–water partition coefficient (Wildman–Crippen LogP) is 5.96. The maximum Gasteiger partial charge on any atom is 0.294 e. The maximum atomic E-state index is 11.1. The fourth-order valence-corrected chi connectivity index (χ4v) is 3.49. The van der Waals surface area contributed by atoms with Crippen LogP contribution in [0.3, 0.4) is 0 Å². The van der Waals surface area contributed by atoms with Crippen molar-refractivity contribution in [1.29, 1.82) is 0 Å². The fourth-order valence-electron chi connectivity index (χ4n) is 3.01. The fraction of sp³-hybridized carbons (Fsp3) is 0.684.